The van der Waals surface area contributed by atoms with Crippen LogP contribution in [0.1, 0.15) is 25.8 Å². The van der Waals surface area contributed by atoms with Crippen molar-refractivity contribution in [1.29, 1.82) is 0 Å². The molecule has 1 fully saturated rings. The number of carbonyl (C=O) groups excluding carboxylic acids is 1. The first-order valence-electron chi connectivity index (χ1n) is 7.88. The summed E-state index contributed by atoms with van der Waals surface area (Å²) >= 11 is 0. The predicted octanol–water partition coefficient (Wildman–Crippen LogP) is 3.05. The molecule has 22 heavy (non-hydrogen) atoms. The monoisotopic (exact) mass is 306 g/mol. The summed E-state index contributed by atoms with van der Waals surface area (Å²) in [6, 6.07) is 10.3. The lowest BCUT2D eigenvalue weighted by Crippen LogP contribution is -2.32. The second-order valence-corrected chi connectivity index (χ2v) is 6.05. The molecule has 1 aliphatic rings. The Labute approximate surface area is 132 Å². The lowest BCUT2D eigenvalue weighted by molar-refractivity contribution is -0.148. The Hall–Kier alpha value is -1.39. The fourth-order valence-electron chi connectivity index (χ4n) is 3.51. The van der Waals surface area contributed by atoms with Crippen LogP contribution in [0, 0.1) is 17.8 Å². The molecule has 1 saturated heterocycles. The second kappa shape index (κ2) is 7.75. The van der Waals surface area contributed by atoms with Crippen molar-refractivity contribution < 1.29 is 19.0 Å². The van der Waals surface area contributed by atoms with Crippen molar-refractivity contribution in [3.63, 3.8) is 0 Å². The SMILES string of the molecule is COC(=O)[C@@H](C)[C@H]1[C@H](C)[C@H](OC)O[C@H]1CCc1ccccc1. The van der Waals surface area contributed by atoms with Gasteiger partial charge in [-0.15, -0.1) is 0 Å². The number of hydrogen-bond acceptors (Lipinski definition) is 4. The quantitative estimate of drug-likeness (QED) is 0.758. The summed E-state index contributed by atoms with van der Waals surface area (Å²) in [6.45, 7) is 4.00. The van der Waals surface area contributed by atoms with Crippen molar-refractivity contribution in [1.82, 2.24) is 0 Å². The van der Waals surface area contributed by atoms with E-state index >= 15 is 0 Å². The Morgan fingerprint density at radius 1 is 1.27 bits per heavy atom. The summed E-state index contributed by atoms with van der Waals surface area (Å²) in [5.41, 5.74) is 1.28. The highest BCUT2D eigenvalue weighted by Crippen LogP contribution is 2.40. The summed E-state index contributed by atoms with van der Waals surface area (Å²) in [6.07, 6.45) is 1.56. The van der Waals surface area contributed by atoms with E-state index in [0.717, 1.165) is 12.8 Å². The van der Waals surface area contributed by atoms with Gasteiger partial charge in [0.1, 0.15) is 0 Å². The van der Waals surface area contributed by atoms with Crippen LogP contribution in [0.5, 0.6) is 0 Å². The van der Waals surface area contributed by atoms with Gasteiger partial charge in [0.15, 0.2) is 6.29 Å². The molecule has 0 radical (unpaired) electrons. The van der Waals surface area contributed by atoms with Crippen molar-refractivity contribution in [2.75, 3.05) is 14.2 Å². The summed E-state index contributed by atoms with van der Waals surface area (Å²) in [7, 11) is 3.09. The molecular formula is C18H26O4. The topological polar surface area (TPSA) is 44.8 Å². The van der Waals surface area contributed by atoms with Crippen LogP contribution >= 0.6 is 0 Å². The van der Waals surface area contributed by atoms with E-state index in [2.05, 4.69) is 19.1 Å². The minimum absolute atomic E-state index is 0.00857. The molecule has 122 valence electrons. The third-order valence-corrected chi connectivity index (χ3v) is 4.72. The Kier molecular flexibility index (Phi) is 5.98. The third kappa shape index (κ3) is 3.68. The summed E-state index contributed by atoms with van der Waals surface area (Å²) in [5, 5.41) is 0. The van der Waals surface area contributed by atoms with Crippen molar-refractivity contribution in [3.05, 3.63) is 35.9 Å². The maximum atomic E-state index is 11.9. The first kappa shape index (κ1) is 17.0. The van der Waals surface area contributed by atoms with Gasteiger partial charge in [0.05, 0.1) is 19.1 Å². The van der Waals surface area contributed by atoms with E-state index in [0.29, 0.717) is 0 Å². The first-order chi connectivity index (χ1) is 10.6. The summed E-state index contributed by atoms with van der Waals surface area (Å²) < 4.78 is 16.4. The molecule has 2 rings (SSSR count). The van der Waals surface area contributed by atoms with Crippen molar-refractivity contribution >= 4 is 5.97 Å². The highest BCUT2D eigenvalue weighted by Gasteiger charge is 2.46. The van der Waals surface area contributed by atoms with Crippen LogP contribution in [-0.4, -0.2) is 32.6 Å². The molecule has 1 aliphatic heterocycles. The number of benzene rings is 1. The van der Waals surface area contributed by atoms with E-state index in [9.17, 15) is 4.79 Å². The zero-order valence-electron chi connectivity index (χ0n) is 13.8. The van der Waals surface area contributed by atoms with Gasteiger partial charge in [-0.25, -0.2) is 0 Å². The first-order valence-corrected chi connectivity index (χ1v) is 7.88. The molecule has 1 heterocycles. The Bertz CT molecular complexity index is 473. The molecule has 1 aromatic rings. The molecule has 0 aromatic heterocycles. The van der Waals surface area contributed by atoms with Crippen LogP contribution in [0.15, 0.2) is 30.3 Å². The number of rotatable bonds is 6. The molecule has 0 saturated carbocycles. The molecule has 0 bridgehead atoms. The summed E-state index contributed by atoms with van der Waals surface area (Å²) in [4.78, 5) is 11.9. The number of ether oxygens (including phenoxy) is 3. The maximum Gasteiger partial charge on any atom is 0.308 e. The molecular weight excluding hydrogens is 280 g/mol. The molecule has 0 unspecified atom stereocenters. The average Bonchev–Trinajstić information content (AvgIpc) is 2.88. The fraction of sp³-hybridized carbons (Fsp3) is 0.611. The van der Waals surface area contributed by atoms with Gasteiger partial charge in [-0.2, -0.15) is 0 Å². The number of esters is 1. The van der Waals surface area contributed by atoms with Gasteiger partial charge in [-0.3, -0.25) is 4.79 Å². The standard InChI is InChI=1S/C18H26O4/c1-12(17(19)20-3)16-13(2)18(21-4)22-15(16)11-10-14-8-6-5-7-9-14/h5-9,12-13,15-16,18H,10-11H2,1-4H3/t12-,13-,15-,16-,18+/m0/s1. The third-order valence-electron chi connectivity index (χ3n) is 4.72. The lowest BCUT2D eigenvalue weighted by Gasteiger charge is -2.25. The largest absolute Gasteiger partial charge is 0.469 e. The van der Waals surface area contributed by atoms with Gasteiger partial charge in [-0.1, -0.05) is 44.2 Å². The molecule has 1 aromatic carbocycles. The van der Waals surface area contributed by atoms with E-state index in [1.165, 1.54) is 12.7 Å². The van der Waals surface area contributed by atoms with E-state index in [1.54, 1.807) is 7.11 Å². The molecule has 4 heteroatoms. The average molecular weight is 306 g/mol. The van der Waals surface area contributed by atoms with Crippen molar-refractivity contribution in [2.45, 2.75) is 39.1 Å². The van der Waals surface area contributed by atoms with E-state index < -0.39 is 0 Å². The zero-order valence-corrected chi connectivity index (χ0v) is 13.8. The van der Waals surface area contributed by atoms with E-state index in [4.69, 9.17) is 14.2 Å². The number of hydrogen-bond donors (Lipinski definition) is 0. The maximum absolute atomic E-state index is 11.9. The summed E-state index contributed by atoms with van der Waals surface area (Å²) in [5.74, 6) is -0.0937. The molecule has 5 atom stereocenters. The Balaban J connectivity index is 2.07. The van der Waals surface area contributed by atoms with E-state index in [-0.39, 0.29) is 36.1 Å². The van der Waals surface area contributed by atoms with Gasteiger partial charge in [0, 0.05) is 18.9 Å². The molecule has 0 amide bonds. The van der Waals surface area contributed by atoms with Crippen LogP contribution in [-0.2, 0) is 25.4 Å². The minimum Gasteiger partial charge on any atom is -0.469 e. The molecule has 0 N–H and O–H groups in total. The predicted molar refractivity (Wildman–Crippen MR) is 84.3 cm³/mol. The van der Waals surface area contributed by atoms with Gasteiger partial charge < -0.3 is 14.2 Å². The molecule has 0 aliphatic carbocycles. The fourth-order valence-corrected chi connectivity index (χ4v) is 3.51. The minimum atomic E-state index is -0.252. The second-order valence-electron chi connectivity index (χ2n) is 6.05. The smallest absolute Gasteiger partial charge is 0.308 e. The van der Waals surface area contributed by atoms with E-state index in [1.807, 2.05) is 25.1 Å². The lowest BCUT2D eigenvalue weighted by atomic mass is 9.79. The van der Waals surface area contributed by atoms with Crippen LogP contribution in [0.3, 0.4) is 0 Å². The number of aryl methyl sites for hydroxylation is 1. The van der Waals surface area contributed by atoms with Crippen molar-refractivity contribution in [3.8, 4) is 0 Å². The highest BCUT2D eigenvalue weighted by molar-refractivity contribution is 5.72. The molecule has 4 nitrogen and oxygen atoms in total. The van der Waals surface area contributed by atoms with Crippen molar-refractivity contribution in [2.24, 2.45) is 17.8 Å². The normalized spacial score (nSPS) is 29.3. The number of methoxy groups -OCH3 is 2. The van der Waals surface area contributed by atoms with Crippen LogP contribution in [0.25, 0.3) is 0 Å². The van der Waals surface area contributed by atoms with Crippen LogP contribution in [0.2, 0.25) is 0 Å². The van der Waals surface area contributed by atoms with Gasteiger partial charge >= 0.3 is 5.97 Å². The number of carbonyl (C=O) groups is 1. The van der Waals surface area contributed by atoms with Gasteiger partial charge in [-0.05, 0) is 18.4 Å². The van der Waals surface area contributed by atoms with Gasteiger partial charge in [0.25, 0.3) is 0 Å². The Morgan fingerprint density at radius 3 is 2.55 bits per heavy atom. The van der Waals surface area contributed by atoms with Crippen LogP contribution in [0.4, 0.5) is 0 Å². The van der Waals surface area contributed by atoms with Gasteiger partial charge in [0.2, 0.25) is 0 Å². The highest BCUT2D eigenvalue weighted by atomic mass is 16.7. The van der Waals surface area contributed by atoms with Crippen LogP contribution < -0.4 is 0 Å². The molecule has 0 spiro atoms. The Morgan fingerprint density at radius 2 is 1.95 bits per heavy atom. The zero-order chi connectivity index (χ0) is 16.1.